The summed E-state index contributed by atoms with van der Waals surface area (Å²) >= 11 is 5.87. The molecule has 0 atom stereocenters. The average Bonchev–Trinajstić information content (AvgIpc) is 2.63. The highest BCUT2D eigenvalue weighted by Crippen LogP contribution is 2.15. The molecule has 0 aliphatic carbocycles. The van der Waals surface area contributed by atoms with Crippen LogP contribution in [0, 0.1) is 5.92 Å². The molecule has 2 aromatic rings. The Bertz CT molecular complexity index is 660. The highest BCUT2D eigenvalue weighted by molar-refractivity contribution is 6.31. The van der Waals surface area contributed by atoms with Gasteiger partial charge in [0.25, 0.3) is 0 Å². The second-order valence-electron chi connectivity index (χ2n) is 4.53. The van der Waals surface area contributed by atoms with Crippen LogP contribution >= 0.6 is 11.6 Å². The number of aromatic amines is 1. The molecule has 0 radical (unpaired) electrons. The Morgan fingerprint density at radius 1 is 1.53 bits per heavy atom. The molecule has 2 rings (SSSR count). The first-order valence-corrected chi connectivity index (χ1v) is 6.19. The maximum absolute atomic E-state index is 11.7. The summed E-state index contributed by atoms with van der Waals surface area (Å²) in [5, 5.41) is 0.470. The van der Waals surface area contributed by atoms with Gasteiger partial charge < -0.3 is 9.72 Å². The molecule has 0 spiro atoms. The van der Waals surface area contributed by atoms with Crippen LogP contribution in [0.2, 0.25) is 5.02 Å². The lowest BCUT2D eigenvalue weighted by molar-refractivity contribution is 0.144. The number of nitrogens with one attached hydrogen (secondary N) is 2. The molecule has 0 aliphatic rings. The number of fused-ring (bicyclic) bond motifs is 1. The molecule has 1 heterocycles. The van der Waals surface area contributed by atoms with E-state index < -0.39 is 11.8 Å². The third kappa shape index (κ3) is 3.08. The van der Waals surface area contributed by atoms with Crippen molar-refractivity contribution < 1.29 is 9.53 Å². The molecular formula is C12H14ClN3O3. The minimum Gasteiger partial charge on any atom is -0.448 e. The molecule has 0 fully saturated rings. The Hall–Kier alpha value is -1.95. The Kier molecular flexibility index (Phi) is 3.80. The fourth-order valence-electron chi connectivity index (χ4n) is 1.55. The summed E-state index contributed by atoms with van der Waals surface area (Å²) in [5.74, 6) is 0.222. The van der Waals surface area contributed by atoms with Crippen LogP contribution in [0.1, 0.15) is 13.8 Å². The number of halogens is 1. The number of nitrogens with zero attached hydrogens (tertiary/aromatic N) is 1. The molecular weight excluding hydrogens is 270 g/mol. The second kappa shape index (κ2) is 5.36. The third-order valence-electron chi connectivity index (χ3n) is 2.40. The Morgan fingerprint density at radius 3 is 2.95 bits per heavy atom. The van der Waals surface area contributed by atoms with Gasteiger partial charge in [0.2, 0.25) is 0 Å². The van der Waals surface area contributed by atoms with Crippen molar-refractivity contribution in [3.05, 3.63) is 33.7 Å². The number of carbonyl (C=O) groups excluding carboxylic acids is 1. The monoisotopic (exact) mass is 283 g/mol. The van der Waals surface area contributed by atoms with Crippen LogP contribution in [0.15, 0.2) is 23.0 Å². The zero-order chi connectivity index (χ0) is 14.0. The SMILES string of the molecule is CC(C)COC(=O)Nn1c(=O)[nH]c2ccc(Cl)cc21. The first kappa shape index (κ1) is 13.5. The fourth-order valence-corrected chi connectivity index (χ4v) is 1.72. The molecule has 6 nitrogen and oxygen atoms in total. The van der Waals surface area contributed by atoms with Gasteiger partial charge in [-0.2, -0.15) is 4.68 Å². The fraction of sp³-hybridized carbons (Fsp3) is 0.333. The molecule has 7 heteroatoms. The van der Waals surface area contributed by atoms with Crippen molar-refractivity contribution in [2.24, 2.45) is 5.92 Å². The zero-order valence-corrected chi connectivity index (χ0v) is 11.3. The number of aromatic nitrogens is 2. The average molecular weight is 284 g/mol. The number of amides is 1. The van der Waals surface area contributed by atoms with E-state index in [1.54, 1.807) is 18.2 Å². The summed E-state index contributed by atoms with van der Waals surface area (Å²) in [6.07, 6.45) is -0.684. The van der Waals surface area contributed by atoms with Gasteiger partial charge in [-0.25, -0.2) is 15.0 Å². The lowest BCUT2D eigenvalue weighted by Crippen LogP contribution is -2.32. The number of carbonyl (C=O) groups is 1. The molecule has 0 bridgehead atoms. The van der Waals surface area contributed by atoms with Crippen LogP contribution < -0.4 is 11.1 Å². The number of imidazole rings is 1. The van der Waals surface area contributed by atoms with E-state index in [-0.39, 0.29) is 12.5 Å². The molecule has 2 N–H and O–H groups in total. The predicted molar refractivity (Wildman–Crippen MR) is 73.1 cm³/mol. The third-order valence-corrected chi connectivity index (χ3v) is 2.63. The van der Waals surface area contributed by atoms with Gasteiger partial charge in [-0.3, -0.25) is 0 Å². The summed E-state index contributed by atoms with van der Waals surface area (Å²) < 4.78 is 6.03. The van der Waals surface area contributed by atoms with Gasteiger partial charge in [-0.05, 0) is 24.1 Å². The molecule has 19 heavy (non-hydrogen) atoms. The summed E-state index contributed by atoms with van der Waals surface area (Å²) in [4.78, 5) is 25.9. The normalized spacial score (nSPS) is 10.9. The largest absolute Gasteiger partial charge is 0.448 e. The number of ether oxygens (including phenoxy) is 1. The first-order chi connectivity index (χ1) is 8.97. The smallest absolute Gasteiger partial charge is 0.426 e. The number of hydrogen-bond acceptors (Lipinski definition) is 3. The van der Waals surface area contributed by atoms with E-state index in [1.807, 2.05) is 13.8 Å². The maximum atomic E-state index is 11.7. The van der Waals surface area contributed by atoms with Crippen molar-refractivity contribution in [2.45, 2.75) is 13.8 Å². The summed E-state index contributed by atoms with van der Waals surface area (Å²) in [5.41, 5.74) is 2.98. The van der Waals surface area contributed by atoms with Crippen molar-refractivity contribution in [3.63, 3.8) is 0 Å². The van der Waals surface area contributed by atoms with Crippen LogP contribution in [-0.2, 0) is 4.74 Å². The minimum atomic E-state index is -0.684. The van der Waals surface area contributed by atoms with E-state index in [1.165, 1.54) is 0 Å². The Balaban J connectivity index is 2.25. The number of benzene rings is 1. The first-order valence-electron chi connectivity index (χ1n) is 5.81. The van der Waals surface area contributed by atoms with Gasteiger partial charge in [0.05, 0.1) is 17.6 Å². The van der Waals surface area contributed by atoms with Gasteiger partial charge in [0, 0.05) is 5.02 Å². The summed E-state index contributed by atoms with van der Waals surface area (Å²) in [6.45, 7) is 4.12. The van der Waals surface area contributed by atoms with Crippen molar-refractivity contribution >= 4 is 28.7 Å². The molecule has 0 aliphatic heterocycles. The minimum absolute atomic E-state index is 0.222. The van der Waals surface area contributed by atoms with E-state index in [0.29, 0.717) is 16.1 Å². The summed E-state index contributed by atoms with van der Waals surface area (Å²) in [7, 11) is 0. The van der Waals surface area contributed by atoms with E-state index in [9.17, 15) is 9.59 Å². The van der Waals surface area contributed by atoms with Crippen molar-refractivity contribution in [2.75, 3.05) is 12.0 Å². The molecule has 0 saturated heterocycles. The van der Waals surface area contributed by atoms with Gasteiger partial charge in [-0.15, -0.1) is 0 Å². The Morgan fingerprint density at radius 2 is 2.26 bits per heavy atom. The van der Waals surface area contributed by atoms with Crippen LogP contribution in [0.25, 0.3) is 11.0 Å². The van der Waals surface area contributed by atoms with Crippen LogP contribution in [0.5, 0.6) is 0 Å². The van der Waals surface area contributed by atoms with E-state index >= 15 is 0 Å². The zero-order valence-electron chi connectivity index (χ0n) is 10.6. The van der Waals surface area contributed by atoms with Crippen molar-refractivity contribution in [1.29, 1.82) is 0 Å². The lowest BCUT2D eigenvalue weighted by atomic mass is 10.2. The van der Waals surface area contributed by atoms with Crippen LogP contribution in [-0.4, -0.2) is 22.4 Å². The lowest BCUT2D eigenvalue weighted by Gasteiger charge is -2.09. The quantitative estimate of drug-likeness (QED) is 0.907. The Labute approximate surface area is 114 Å². The molecule has 1 amide bonds. The van der Waals surface area contributed by atoms with Crippen LogP contribution in [0.3, 0.4) is 0 Å². The topological polar surface area (TPSA) is 76.1 Å². The standard InChI is InChI=1S/C12H14ClN3O3/c1-7(2)6-19-12(18)15-16-10-5-8(13)3-4-9(10)14-11(16)17/h3-5,7H,6H2,1-2H3,(H,14,17)(H,15,18). The van der Waals surface area contributed by atoms with Gasteiger partial charge in [0.1, 0.15) is 0 Å². The second-order valence-corrected chi connectivity index (χ2v) is 4.97. The summed E-state index contributed by atoms with van der Waals surface area (Å²) in [6, 6.07) is 4.90. The van der Waals surface area contributed by atoms with E-state index in [2.05, 4.69) is 10.4 Å². The van der Waals surface area contributed by atoms with Gasteiger partial charge in [0.15, 0.2) is 0 Å². The highest BCUT2D eigenvalue weighted by Gasteiger charge is 2.11. The highest BCUT2D eigenvalue weighted by atomic mass is 35.5. The van der Waals surface area contributed by atoms with Gasteiger partial charge in [-0.1, -0.05) is 25.4 Å². The number of hydrogen-bond donors (Lipinski definition) is 2. The molecule has 0 saturated carbocycles. The van der Waals surface area contributed by atoms with Gasteiger partial charge >= 0.3 is 11.8 Å². The molecule has 0 unspecified atom stereocenters. The number of rotatable bonds is 3. The maximum Gasteiger partial charge on any atom is 0.426 e. The van der Waals surface area contributed by atoms with E-state index in [4.69, 9.17) is 16.3 Å². The number of H-pyrrole nitrogens is 1. The van der Waals surface area contributed by atoms with Crippen LogP contribution in [0.4, 0.5) is 4.79 Å². The van der Waals surface area contributed by atoms with E-state index in [0.717, 1.165) is 4.68 Å². The molecule has 1 aromatic heterocycles. The molecule has 1 aromatic carbocycles. The predicted octanol–water partition coefficient (Wildman–Crippen LogP) is 2.32. The molecule has 102 valence electrons. The van der Waals surface area contributed by atoms with Crippen molar-refractivity contribution in [1.82, 2.24) is 9.66 Å². The van der Waals surface area contributed by atoms with Crippen molar-refractivity contribution in [3.8, 4) is 0 Å².